The summed E-state index contributed by atoms with van der Waals surface area (Å²) in [6.07, 6.45) is 0. The number of hydrogen-bond donors (Lipinski definition) is 1. The van der Waals surface area contributed by atoms with Crippen LogP contribution in [0.3, 0.4) is 0 Å². The third kappa shape index (κ3) is 3.97. The van der Waals surface area contributed by atoms with Gasteiger partial charge in [0.25, 0.3) is 5.91 Å². The zero-order chi connectivity index (χ0) is 25.4. The predicted molar refractivity (Wildman–Crippen MR) is 141 cm³/mol. The minimum absolute atomic E-state index is 0.0415. The van der Waals surface area contributed by atoms with Crippen LogP contribution in [0.2, 0.25) is 0 Å². The molecule has 1 atom stereocenters. The minimum atomic E-state index is -0.807. The number of carbonyl (C=O) groups is 2. The van der Waals surface area contributed by atoms with Crippen molar-refractivity contribution in [1.82, 2.24) is 4.98 Å². The third-order valence-corrected chi connectivity index (χ3v) is 7.49. The number of ketones is 1. The second kappa shape index (κ2) is 9.43. The lowest BCUT2D eigenvalue weighted by atomic mass is 9.94. The number of rotatable bonds is 6. The molecule has 4 aromatic rings. The van der Waals surface area contributed by atoms with Crippen LogP contribution in [0.1, 0.15) is 32.5 Å². The van der Waals surface area contributed by atoms with Gasteiger partial charge in [0.15, 0.2) is 5.76 Å². The molecule has 0 bridgehead atoms. The highest BCUT2D eigenvalue weighted by atomic mass is 32.1. The highest BCUT2D eigenvalue weighted by Gasteiger charge is 2.45. The Morgan fingerprint density at radius 3 is 2.31 bits per heavy atom. The Kier molecular flexibility index (Phi) is 6.16. The summed E-state index contributed by atoms with van der Waals surface area (Å²) >= 11 is 1.26. The molecule has 0 spiro atoms. The number of methoxy groups -OCH3 is 1. The maximum absolute atomic E-state index is 14.0. The summed E-state index contributed by atoms with van der Waals surface area (Å²) in [5.74, 6) is -0.913. The van der Waals surface area contributed by atoms with E-state index in [0.29, 0.717) is 32.6 Å². The van der Waals surface area contributed by atoms with Gasteiger partial charge in [-0.2, -0.15) is 0 Å². The molecule has 1 N–H and O–H groups in total. The number of carbonyl (C=O) groups excluding carboxylic acids is 2. The van der Waals surface area contributed by atoms with Crippen molar-refractivity contribution in [3.8, 4) is 16.3 Å². The molecule has 2 heterocycles. The first-order chi connectivity index (χ1) is 17.4. The summed E-state index contributed by atoms with van der Waals surface area (Å²) in [7, 11) is 1.57. The number of Topliss-reactive ketones (excluding diaryl/α,β-unsaturated/α-hetero) is 1. The molecule has 0 radical (unpaired) electrons. The minimum Gasteiger partial charge on any atom is -0.503 e. The van der Waals surface area contributed by atoms with Crippen molar-refractivity contribution in [2.24, 2.45) is 0 Å². The first-order valence-corrected chi connectivity index (χ1v) is 12.3. The average Bonchev–Trinajstić information content (AvgIpc) is 3.42. The Hall–Kier alpha value is -4.23. The molecule has 36 heavy (non-hydrogen) atoms. The average molecular weight is 497 g/mol. The van der Waals surface area contributed by atoms with E-state index in [9.17, 15) is 14.7 Å². The SMILES string of the molecule is COc1ccc(C2C(C(=O)c3sc(-c4ccccc4)nc3C)=C(O)C(=O)N2c2ccccc2C)cc1. The van der Waals surface area contributed by atoms with Gasteiger partial charge in [0.1, 0.15) is 10.8 Å². The van der Waals surface area contributed by atoms with Crippen LogP contribution in [0.15, 0.2) is 90.2 Å². The molecule has 1 amide bonds. The van der Waals surface area contributed by atoms with Crippen LogP contribution in [0.25, 0.3) is 10.6 Å². The number of amides is 1. The van der Waals surface area contributed by atoms with E-state index in [4.69, 9.17) is 4.74 Å². The van der Waals surface area contributed by atoms with Crippen LogP contribution >= 0.6 is 11.3 Å². The van der Waals surface area contributed by atoms with E-state index in [0.717, 1.165) is 11.1 Å². The number of thiazole rings is 1. The molecule has 0 fully saturated rings. The maximum Gasteiger partial charge on any atom is 0.294 e. The molecule has 1 unspecified atom stereocenters. The summed E-state index contributed by atoms with van der Waals surface area (Å²) in [6.45, 7) is 3.66. The highest BCUT2D eigenvalue weighted by Crippen LogP contribution is 2.44. The van der Waals surface area contributed by atoms with E-state index in [2.05, 4.69) is 4.98 Å². The van der Waals surface area contributed by atoms with Gasteiger partial charge in [-0.05, 0) is 43.2 Å². The van der Waals surface area contributed by atoms with Gasteiger partial charge < -0.3 is 9.84 Å². The summed E-state index contributed by atoms with van der Waals surface area (Å²) in [5, 5.41) is 11.8. The molecule has 0 saturated heterocycles. The van der Waals surface area contributed by atoms with E-state index in [1.165, 1.54) is 16.2 Å². The Balaban J connectivity index is 1.64. The Bertz CT molecular complexity index is 1490. The lowest BCUT2D eigenvalue weighted by Gasteiger charge is -2.28. The summed E-state index contributed by atoms with van der Waals surface area (Å²) in [6, 6.07) is 23.4. The van der Waals surface area contributed by atoms with Gasteiger partial charge in [-0.25, -0.2) is 4.98 Å². The number of aromatic nitrogens is 1. The van der Waals surface area contributed by atoms with E-state index in [1.807, 2.05) is 73.7 Å². The van der Waals surface area contributed by atoms with Crippen LogP contribution in [0, 0.1) is 13.8 Å². The molecule has 1 aliphatic rings. The number of hydrogen-bond acceptors (Lipinski definition) is 6. The second-order valence-electron chi connectivity index (χ2n) is 8.53. The van der Waals surface area contributed by atoms with E-state index >= 15 is 0 Å². The highest BCUT2D eigenvalue weighted by molar-refractivity contribution is 7.17. The van der Waals surface area contributed by atoms with Gasteiger partial charge in [-0.3, -0.25) is 14.5 Å². The van der Waals surface area contributed by atoms with Crippen LogP contribution in [-0.4, -0.2) is 28.9 Å². The molecular formula is C29H24N2O4S. The van der Waals surface area contributed by atoms with E-state index in [1.54, 1.807) is 26.2 Å². The zero-order valence-corrected chi connectivity index (χ0v) is 20.9. The van der Waals surface area contributed by atoms with Gasteiger partial charge in [0.2, 0.25) is 5.78 Å². The third-order valence-electron chi connectivity index (χ3n) is 6.28. The Morgan fingerprint density at radius 1 is 0.972 bits per heavy atom. The quantitative estimate of drug-likeness (QED) is 0.321. The van der Waals surface area contributed by atoms with Crippen molar-refractivity contribution in [1.29, 1.82) is 0 Å². The smallest absolute Gasteiger partial charge is 0.294 e. The van der Waals surface area contributed by atoms with Crippen molar-refractivity contribution < 1.29 is 19.4 Å². The fourth-order valence-corrected chi connectivity index (χ4v) is 5.48. The van der Waals surface area contributed by atoms with Crippen molar-refractivity contribution >= 4 is 28.7 Å². The molecule has 0 saturated carbocycles. The fraction of sp³-hybridized carbons (Fsp3) is 0.138. The standard InChI is InChI=1S/C29H24N2O4S/c1-17-9-7-8-12-22(17)31-24(19-13-15-21(35-3)16-14-19)23(26(33)29(31)34)25(32)27-18(2)30-28(36-27)20-10-5-4-6-11-20/h4-16,24,33H,1-3H3. The topological polar surface area (TPSA) is 79.7 Å². The summed E-state index contributed by atoms with van der Waals surface area (Å²) < 4.78 is 5.29. The van der Waals surface area contributed by atoms with Crippen LogP contribution < -0.4 is 9.64 Å². The molecule has 1 aromatic heterocycles. The Morgan fingerprint density at radius 2 is 1.64 bits per heavy atom. The van der Waals surface area contributed by atoms with Gasteiger partial charge in [-0.1, -0.05) is 60.7 Å². The zero-order valence-electron chi connectivity index (χ0n) is 20.1. The number of para-hydroxylation sites is 1. The van der Waals surface area contributed by atoms with Crippen LogP contribution in [0.5, 0.6) is 5.75 Å². The fourth-order valence-electron chi connectivity index (χ4n) is 4.45. The number of ether oxygens (including phenoxy) is 1. The second-order valence-corrected chi connectivity index (χ2v) is 9.53. The molecule has 6 nitrogen and oxygen atoms in total. The number of benzene rings is 3. The van der Waals surface area contributed by atoms with Crippen molar-refractivity contribution in [2.75, 3.05) is 12.0 Å². The monoisotopic (exact) mass is 496 g/mol. The first kappa shape index (κ1) is 23.5. The molecule has 5 rings (SSSR count). The summed E-state index contributed by atoms with van der Waals surface area (Å²) in [4.78, 5) is 33.9. The van der Waals surface area contributed by atoms with Gasteiger partial charge in [0.05, 0.1) is 29.3 Å². The van der Waals surface area contributed by atoms with E-state index in [-0.39, 0.29) is 5.57 Å². The predicted octanol–water partition coefficient (Wildman–Crippen LogP) is 6.22. The van der Waals surface area contributed by atoms with Crippen molar-refractivity contribution in [3.63, 3.8) is 0 Å². The Labute approximate surface area is 213 Å². The molecular weight excluding hydrogens is 472 g/mol. The van der Waals surface area contributed by atoms with Crippen molar-refractivity contribution in [3.05, 3.63) is 112 Å². The van der Waals surface area contributed by atoms with E-state index < -0.39 is 23.5 Å². The van der Waals surface area contributed by atoms with Gasteiger partial charge in [0, 0.05) is 11.3 Å². The lowest BCUT2D eigenvalue weighted by molar-refractivity contribution is -0.117. The number of nitrogens with zero attached hydrogens (tertiary/aromatic N) is 2. The normalized spacial score (nSPS) is 15.5. The number of aliphatic hydroxyl groups excluding tert-OH is 1. The summed E-state index contributed by atoms with van der Waals surface area (Å²) in [5.41, 5.74) is 3.66. The van der Waals surface area contributed by atoms with Crippen molar-refractivity contribution in [2.45, 2.75) is 19.9 Å². The number of aryl methyl sites for hydroxylation is 2. The largest absolute Gasteiger partial charge is 0.503 e. The lowest BCUT2D eigenvalue weighted by Crippen LogP contribution is -2.31. The van der Waals surface area contributed by atoms with Gasteiger partial charge >= 0.3 is 0 Å². The van der Waals surface area contributed by atoms with Gasteiger partial charge in [-0.15, -0.1) is 11.3 Å². The number of anilines is 1. The molecule has 7 heteroatoms. The maximum atomic E-state index is 14.0. The van der Waals surface area contributed by atoms with Crippen LogP contribution in [-0.2, 0) is 4.79 Å². The molecule has 3 aromatic carbocycles. The molecule has 0 aliphatic carbocycles. The molecule has 180 valence electrons. The molecule has 1 aliphatic heterocycles. The first-order valence-electron chi connectivity index (χ1n) is 11.4. The van der Waals surface area contributed by atoms with Crippen LogP contribution in [0.4, 0.5) is 5.69 Å². The number of aliphatic hydroxyl groups is 1.